The highest BCUT2D eigenvalue weighted by Gasteiger charge is 2.26. The first-order chi connectivity index (χ1) is 9.65. The van der Waals surface area contributed by atoms with E-state index in [-0.39, 0.29) is 17.3 Å². The van der Waals surface area contributed by atoms with E-state index < -0.39 is 16.3 Å². The summed E-state index contributed by atoms with van der Waals surface area (Å²) in [4.78, 5) is 21.4. The lowest BCUT2D eigenvalue weighted by atomic mass is 9.90. The predicted octanol–water partition coefficient (Wildman–Crippen LogP) is 3.49. The number of benzene rings is 1. The van der Waals surface area contributed by atoms with Gasteiger partial charge in [-0.3, -0.25) is 14.9 Å². The first-order valence-electron chi connectivity index (χ1n) is 6.21. The van der Waals surface area contributed by atoms with E-state index in [0.717, 1.165) is 0 Å². The molecule has 116 valence electrons. The van der Waals surface area contributed by atoms with Crippen molar-refractivity contribution in [1.82, 2.24) is 5.32 Å². The summed E-state index contributed by atoms with van der Waals surface area (Å²) in [5.74, 6) is -0.888. The maximum Gasteiger partial charge on any atom is 0.309 e. The van der Waals surface area contributed by atoms with Crippen LogP contribution in [0.1, 0.15) is 25.8 Å². The second-order valence-electron chi connectivity index (χ2n) is 5.27. The van der Waals surface area contributed by atoms with Crippen LogP contribution in [0, 0.1) is 15.5 Å². The van der Waals surface area contributed by atoms with Crippen LogP contribution in [0.4, 0.5) is 5.69 Å². The molecule has 0 radical (unpaired) electrons. The molecule has 0 spiro atoms. The summed E-state index contributed by atoms with van der Waals surface area (Å²) in [6.07, 6.45) is 0.393. The lowest BCUT2D eigenvalue weighted by Gasteiger charge is -2.19. The van der Waals surface area contributed by atoms with Crippen LogP contribution in [0.2, 0.25) is 10.0 Å². The third kappa shape index (κ3) is 4.84. The number of hydrogen-bond acceptors (Lipinski definition) is 4. The molecule has 1 aromatic rings. The van der Waals surface area contributed by atoms with E-state index in [9.17, 15) is 14.9 Å². The largest absolute Gasteiger partial charge is 0.481 e. The number of carboxylic acids is 1. The molecule has 0 heterocycles. The highest BCUT2D eigenvalue weighted by atomic mass is 35.5. The number of hydrogen-bond donors (Lipinski definition) is 2. The van der Waals surface area contributed by atoms with Gasteiger partial charge in [0.05, 0.1) is 10.3 Å². The van der Waals surface area contributed by atoms with Gasteiger partial charge >= 0.3 is 5.97 Å². The van der Waals surface area contributed by atoms with Gasteiger partial charge in [0, 0.05) is 17.1 Å². The molecule has 2 N–H and O–H groups in total. The minimum atomic E-state index is -0.888. The van der Waals surface area contributed by atoms with Crippen LogP contribution in [-0.4, -0.2) is 22.5 Å². The highest BCUT2D eigenvalue weighted by Crippen LogP contribution is 2.32. The summed E-state index contributed by atoms with van der Waals surface area (Å²) in [5.41, 5.74) is -0.679. The number of carbonyl (C=O) groups is 1. The first-order valence-corrected chi connectivity index (χ1v) is 6.97. The fraction of sp³-hybridized carbons (Fsp3) is 0.462. The molecule has 0 aliphatic rings. The number of halogens is 2. The molecule has 1 aromatic carbocycles. The van der Waals surface area contributed by atoms with Gasteiger partial charge in [-0.25, -0.2) is 0 Å². The topological polar surface area (TPSA) is 92.5 Å². The standard InChI is InChI=1S/C13H16Cl2N2O4/c1-13(2,12(18)19)3-4-16-7-8-5-9(14)6-10(15)11(8)17(20)21/h5-6,16H,3-4,7H2,1-2H3,(H,18,19). The van der Waals surface area contributed by atoms with Crippen molar-refractivity contribution < 1.29 is 14.8 Å². The average Bonchev–Trinajstić information content (AvgIpc) is 2.33. The van der Waals surface area contributed by atoms with Gasteiger partial charge in [0.1, 0.15) is 5.02 Å². The van der Waals surface area contributed by atoms with Gasteiger partial charge in [0.2, 0.25) is 0 Å². The number of nitro groups is 1. The van der Waals surface area contributed by atoms with E-state index in [1.807, 2.05) is 0 Å². The summed E-state index contributed by atoms with van der Waals surface area (Å²) in [5, 5.41) is 23.3. The quantitative estimate of drug-likeness (QED) is 0.452. The smallest absolute Gasteiger partial charge is 0.309 e. The monoisotopic (exact) mass is 334 g/mol. The molecule has 0 saturated heterocycles. The molecular weight excluding hydrogens is 319 g/mol. The molecule has 1 rings (SSSR count). The maximum atomic E-state index is 11.0. The van der Waals surface area contributed by atoms with E-state index in [1.165, 1.54) is 12.1 Å². The lowest BCUT2D eigenvalue weighted by molar-refractivity contribution is -0.385. The third-order valence-electron chi connectivity index (χ3n) is 3.11. The Hall–Kier alpha value is -1.37. The summed E-state index contributed by atoms with van der Waals surface area (Å²) in [6, 6.07) is 2.79. The predicted molar refractivity (Wildman–Crippen MR) is 80.9 cm³/mol. The zero-order valence-electron chi connectivity index (χ0n) is 11.7. The van der Waals surface area contributed by atoms with Crippen LogP contribution in [-0.2, 0) is 11.3 Å². The van der Waals surface area contributed by atoms with Crippen LogP contribution in [0.3, 0.4) is 0 Å². The first kappa shape index (κ1) is 17.7. The van der Waals surface area contributed by atoms with Crippen molar-refractivity contribution in [3.8, 4) is 0 Å². The summed E-state index contributed by atoms with van der Waals surface area (Å²) in [7, 11) is 0. The number of nitrogens with one attached hydrogen (secondary N) is 1. The Morgan fingerprint density at radius 3 is 2.57 bits per heavy atom. The van der Waals surface area contributed by atoms with E-state index in [4.69, 9.17) is 28.3 Å². The van der Waals surface area contributed by atoms with Crippen LogP contribution < -0.4 is 5.32 Å². The minimum Gasteiger partial charge on any atom is -0.481 e. The van der Waals surface area contributed by atoms with Gasteiger partial charge < -0.3 is 10.4 Å². The van der Waals surface area contributed by atoms with E-state index in [2.05, 4.69) is 5.32 Å². The van der Waals surface area contributed by atoms with Gasteiger partial charge in [0.15, 0.2) is 0 Å². The highest BCUT2D eigenvalue weighted by molar-refractivity contribution is 6.36. The Balaban J connectivity index is 2.72. The molecular formula is C13H16Cl2N2O4. The number of rotatable bonds is 7. The molecule has 6 nitrogen and oxygen atoms in total. The molecule has 0 amide bonds. The Morgan fingerprint density at radius 1 is 1.43 bits per heavy atom. The Morgan fingerprint density at radius 2 is 2.05 bits per heavy atom. The molecule has 8 heteroatoms. The van der Waals surface area contributed by atoms with Gasteiger partial charge in [-0.1, -0.05) is 23.2 Å². The van der Waals surface area contributed by atoms with Gasteiger partial charge in [-0.05, 0) is 38.9 Å². The van der Waals surface area contributed by atoms with Crippen LogP contribution in [0.15, 0.2) is 12.1 Å². The minimum absolute atomic E-state index is 0.0184. The molecule has 0 unspecified atom stereocenters. The number of nitrogens with zero attached hydrogens (tertiary/aromatic N) is 1. The molecule has 0 bridgehead atoms. The van der Waals surface area contributed by atoms with Gasteiger partial charge in [0.25, 0.3) is 5.69 Å². The van der Waals surface area contributed by atoms with Crippen LogP contribution in [0.25, 0.3) is 0 Å². The molecule has 0 fully saturated rings. The normalized spacial score (nSPS) is 11.4. The van der Waals surface area contributed by atoms with E-state index in [1.54, 1.807) is 13.8 Å². The van der Waals surface area contributed by atoms with Crippen molar-refractivity contribution in [2.75, 3.05) is 6.54 Å². The third-order valence-corrected chi connectivity index (χ3v) is 3.62. The number of carboxylic acid groups (broad SMARTS) is 1. The van der Waals surface area contributed by atoms with Crippen molar-refractivity contribution >= 4 is 34.9 Å². The van der Waals surface area contributed by atoms with Crippen molar-refractivity contribution in [2.24, 2.45) is 5.41 Å². The summed E-state index contributed by atoms with van der Waals surface area (Å²) < 4.78 is 0. The summed E-state index contributed by atoms with van der Waals surface area (Å²) >= 11 is 11.7. The average molecular weight is 335 g/mol. The lowest BCUT2D eigenvalue weighted by Crippen LogP contribution is -2.29. The molecule has 0 aliphatic heterocycles. The van der Waals surface area contributed by atoms with Crippen molar-refractivity contribution in [1.29, 1.82) is 0 Å². The Labute approximate surface area is 132 Å². The van der Waals surface area contributed by atoms with Gasteiger partial charge in [-0.15, -0.1) is 0 Å². The van der Waals surface area contributed by atoms with E-state index in [0.29, 0.717) is 23.6 Å². The fourth-order valence-corrected chi connectivity index (χ4v) is 2.29. The molecule has 0 atom stereocenters. The van der Waals surface area contributed by atoms with E-state index >= 15 is 0 Å². The fourth-order valence-electron chi connectivity index (χ4n) is 1.69. The molecule has 0 aromatic heterocycles. The summed E-state index contributed by atoms with van der Waals surface area (Å²) in [6.45, 7) is 3.83. The Bertz CT molecular complexity index is 561. The van der Waals surface area contributed by atoms with Gasteiger partial charge in [-0.2, -0.15) is 0 Å². The molecule has 21 heavy (non-hydrogen) atoms. The zero-order valence-corrected chi connectivity index (χ0v) is 13.2. The van der Waals surface area contributed by atoms with Crippen LogP contribution in [0.5, 0.6) is 0 Å². The van der Waals surface area contributed by atoms with Crippen LogP contribution >= 0.6 is 23.2 Å². The second kappa shape index (κ2) is 7.06. The van der Waals surface area contributed by atoms with Crippen molar-refractivity contribution in [2.45, 2.75) is 26.8 Å². The molecule has 0 saturated carbocycles. The number of nitro benzene ring substituents is 1. The maximum absolute atomic E-state index is 11.0. The molecule has 0 aliphatic carbocycles. The van der Waals surface area contributed by atoms with Crippen molar-refractivity contribution in [3.63, 3.8) is 0 Å². The number of aliphatic carboxylic acids is 1. The second-order valence-corrected chi connectivity index (χ2v) is 6.11. The zero-order chi connectivity index (χ0) is 16.2. The Kier molecular flexibility index (Phi) is 5.95. The van der Waals surface area contributed by atoms with Crippen molar-refractivity contribution in [3.05, 3.63) is 37.9 Å². The SMILES string of the molecule is CC(C)(CCNCc1cc(Cl)cc(Cl)c1[N+](=O)[O-])C(=O)O.